The van der Waals surface area contributed by atoms with E-state index in [1.165, 1.54) is 0 Å². The van der Waals surface area contributed by atoms with Gasteiger partial charge in [-0.1, -0.05) is 42.2 Å². The van der Waals surface area contributed by atoms with Crippen molar-refractivity contribution in [2.45, 2.75) is 6.54 Å². The number of carbonyl (C=O) groups excluding carboxylic acids is 1. The van der Waals surface area contributed by atoms with Gasteiger partial charge in [-0.25, -0.2) is 4.79 Å². The molecule has 0 unspecified atom stereocenters. The zero-order chi connectivity index (χ0) is 20.1. The maximum absolute atomic E-state index is 12.6. The molecule has 2 amide bonds. The van der Waals surface area contributed by atoms with Crippen molar-refractivity contribution in [1.82, 2.24) is 4.90 Å². The average molecular weight is 384 g/mol. The van der Waals surface area contributed by atoms with Gasteiger partial charge in [0.1, 0.15) is 0 Å². The van der Waals surface area contributed by atoms with E-state index in [0.29, 0.717) is 18.0 Å². The van der Waals surface area contributed by atoms with Crippen LogP contribution >= 0.6 is 0 Å². The Labute approximate surface area is 169 Å². The van der Waals surface area contributed by atoms with Crippen LogP contribution in [-0.2, 0) is 6.54 Å². The van der Waals surface area contributed by atoms with Crippen molar-refractivity contribution in [3.8, 4) is 23.3 Å². The first-order valence-corrected chi connectivity index (χ1v) is 9.25. The predicted molar refractivity (Wildman–Crippen MR) is 112 cm³/mol. The second-order valence-electron chi connectivity index (χ2n) is 6.67. The van der Waals surface area contributed by atoms with Crippen LogP contribution < -0.4 is 14.8 Å². The minimum Gasteiger partial charge on any atom is -0.454 e. The molecular formula is C24H20N2O3. The van der Waals surface area contributed by atoms with Crippen LogP contribution in [0, 0.1) is 11.8 Å². The first-order chi connectivity index (χ1) is 14.2. The molecule has 0 bridgehead atoms. The number of ether oxygens (including phenoxy) is 2. The molecule has 0 aliphatic carbocycles. The smallest absolute Gasteiger partial charge is 0.321 e. The van der Waals surface area contributed by atoms with E-state index >= 15 is 0 Å². The van der Waals surface area contributed by atoms with Crippen LogP contribution in [-0.4, -0.2) is 24.8 Å². The van der Waals surface area contributed by atoms with Gasteiger partial charge in [0, 0.05) is 30.4 Å². The third kappa shape index (κ3) is 4.69. The standard InChI is InChI=1S/C24H20N2O3/c1-26(16-20-12-13-22-23(15-20)29-17-28-22)24(27)25-21-9-5-8-19(14-21)11-10-18-6-3-2-4-7-18/h2-9,12-15H,16-17H2,1H3,(H,25,27). The van der Waals surface area contributed by atoms with Crippen LogP contribution in [0.15, 0.2) is 72.8 Å². The molecule has 1 N–H and O–H groups in total. The lowest BCUT2D eigenvalue weighted by Gasteiger charge is -2.18. The zero-order valence-corrected chi connectivity index (χ0v) is 16.0. The Balaban J connectivity index is 1.39. The lowest BCUT2D eigenvalue weighted by atomic mass is 10.1. The molecule has 144 valence electrons. The number of nitrogens with one attached hydrogen (secondary N) is 1. The van der Waals surface area contributed by atoms with Gasteiger partial charge < -0.3 is 19.7 Å². The van der Waals surface area contributed by atoms with Crippen LogP contribution in [0.25, 0.3) is 0 Å². The topological polar surface area (TPSA) is 50.8 Å². The Bertz CT molecular complexity index is 1080. The fourth-order valence-corrected chi connectivity index (χ4v) is 2.94. The minimum absolute atomic E-state index is 0.198. The van der Waals surface area contributed by atoms with Crippen molar-refractivity contribution in [2.75, 3.05) is 19.2 Å². The molecule has 0 aromatic heterocycles. The molecule has 4 rings (SSSR count). The molecule has 1 heterocycles. The molecule has 5 nitrogen and oxygen atoms in total. The quantitative estimate of drug-likeness (QED) is 0.678. The summed E-state index contributed by atoms with van der Waals surface area (Å²) in [5.41, 5.74) is 3.46. The fourth-order valence-electron chi connectivity index (χ4n) is 2.94. The second kappa shape index (κ2) is 8.41. The number of urea groups is 1. The number of amides is 2. The lowest BCUT2D eigenvalue weighted by Crippen LogP contribution is -2.30. The van der Waals surface area contributed by atoms with E-state index in [1.807, 2.05) is 72.8 Å². The highest BCUT2D eigenvalue weighted by Gasteiger charge is 2.15. The van der Waals surface area contributed by atoms with Gasteiger partial charge in [0.2, 0.25) is 6.79 Å². The van der Waals surface area contributed by atoms with Gasteiger partial charge in [0.25, 0.3) is 0 Å². The summed E-state index contributed by atoms with van der Waals surface area (Å²) in [4.78, 5) is 14.2. The van der Waals surface area contributed by atoms with E-state index in [-0.39, 0.29) is 12.8 Å². The fraction of sp³-hybridized carbons (Fsp3) is 0.125. The normalized spacial score (nSPS) is 11.3. The number of hydrogen-bond acceptors (Lipinski definition) is 3. The number of hydrogen-bond donors (Lipinski definition) is 1. The van der Waals surface area contributed by atoms with E-state index in [0.717, 1.165) is 22.4 Å². The zero-order valence-electron chi connectivity index (χ0n) is 16.0. The number of anilines is 1. The molecule has 0 saturated heterocycles. The first kappa shape index (κ1) is 18.5. The van der Waals surface area contributed by atoms with Gasteiger partial charge in [-0.05, 0) is 48.0 Å². The Kier molecular flexibility index (Phi) is 5.35. The van der Waals surface area contributed by atoms with E-state index in [1.54, 1.807) is 11.9 Å². The molecule has 0 spiro atoms. The van der Waals surface area contributed by atoms with Crippen molar-refractivity contribution in [3.05, 3.63) is 89.5 Å². The minimum atomic E-state index is -0.198. The van der Waals surface area contributed by atoms with Crippen molar-refractivity contribution < 1.29 is 14.3 Å². The van der Waals surface area contributed by atoms with E-state index < -0.39 is 0 Å². The summed E-state index contributed by atoms with van der Waals surface area (Å²) in [5.74, 6) is 7.69. The predicted octanol–water partition coefficient (Wildman–Crippen LogP) is 4.48. The lowest BCUT2D eigenvalue weighted by molar-refractivity contribution is 0.174. The van der Waals surface area contributed by atoms with E-state index in [2.05, 4.69) is 17.2 Å². The van der Waals surface area contributed by atoms with E-state index in [9.17, 15) is 4.79 Å². The Hall–Kier alpha value is -3.91. The summed E-state index contributed by atoms with van der Waals surface area (Å²) < 4.78 is 10.7. The molecular weight excluding hydrogens is 364 g/mol. The second-order valence-corrected chi connectivity index (χ2v) is 6.67. The highest BCUT2D eigenvalue weighted by Crippen LogP contribution is 2.32. The van der Waals surface area contributed by atoms with Crippen molar-refractivity contribution in [1.29, 1.82) is 0 Å². The van der Waals surface area contributed by atoms with Crippen molar-refractivity contribution in [3.63, 3.8) is 0 Å². The number of carbonyl (C=O) groups is 1. The molecule has 1 aliphatic heterocycles. The molecule has 0 saturated carbocycles. The van der Waals surface area contributed by atoms with Crippen LogP contribution in [0.4, 0.5) is 10.5 Å². The van der Waals surface area contributed by atoms with Gasteiger partial charge >= 0.3 is 6.03 Å². The largest absolute Gasteiger partial charge is 0.454 e. The molecule has 1 aliphatic rings. The molecule has 3 aromatic carbocycles. The summed E-state index contributed by atoms with van der Waals surface area (Å²) >= 11 is 0. The molecule has 29 heavy (non-hydrogen) atoms. The van der Waals surface area contributed by atoms with Gasteiger partial charge in [-0.3, -0.25) is 0 Å². The van der Waals surface area contributed by atoms with Crippen molar-refractivity contribution in [2.24, 2.45) is 0 Å². The Morgan fingerprint density at radius 1 is 0.931 bits per heavy atom. The number of benzene rings is 3. The number of fused-ring (bicyclic) bond motifs is 1. The Morgan fingerprint density at radius 2 is 1.69 bits per heavy atom. The highest BCUT2D eigenvalue weighted by atomic mass is 16.7. The number of rotatable bonds is 3. The Morgan fingerprint density at radius 3 is 2.55 bits per heavy atom. The van der Waals surface area contributed by atoms with Gasteiger partial charge in [0.05, 0.1) is 0 Å². The SMILES string of the molecule is CN(Cc1ccc2c(c1)OCO2)C(=O)Nc1cccc(C#Cc2ccccc2)c1. The van der Waals surface area contributed by atoms with Crippen LogP contribution in [0.3, 0.4) is 0 Å². The van der Waals surface area contributed by atoms with Crippen LogP contribution in [0.2, 0.25) is 0 Å². The molecule has 0 atom stereocenters. The molecule has 3 aromatic rings. The first-order valence-electron chi connectivity index (χ1n) is 9.25. The summed E-state index contributed by atoms with van der Waals surface area (Å²) in [5, 5.41) is 2.92. The summed E-state index contributed by atoms with van der Waals surface area (Å²) in [6.45, 7) is 0.689. The highest BCUT2D eigenvalue weighted by molar-refractivity contribution is 5.89. The molecule has 5 heteroatoms. The van der Waals surface area contributed by atoms with Gasteiger partial charge in [0.15, 0.2) is 11.5 Å². The third-order valence-corrected chi connectivity index (χ3v) is 4.44. The summed E-state index contributed by atoms with van der Waals surface area (Å²) in [6, 6.07) is 22.8. The summed E-state index contributed by atoms with van der Waals surface area (Å²) in [6.07, 6.45) is 0. The maximum Gasteiger partial charge on any atom is 0.321 e. The number of nitrogens with zero attached hydrogens (tertiary/aromatic N) is 1. The third-order valence-electron chi connectivity index (χ3n) is 4.44. The maximum atomic E-state index is 12.6. The summed E-state index contributed by atoms with van der Waals surface area (Å²) in [7, 11) is 1.75. The van der Waals surface area contributed by atoms with E-state index in [4.69, 9.17) is 9.47 Å². The van der Waals surface area contributed by atoms with Gasteiger partial charge in [-0.2, -0.15) is 0 Å². The van der Waals surface area contributed by atoms with Crippen LogP contribution in [0.5, 0.6) is 11.5 Å². The molecule has 0 fully saturated rings. The van der Waals surface area contributed by atoms with Crippen LogP contribution in [0.1, 0.15) is 16.7 Å². The average Bonchev–Trinajstić information content (AvgIpc) is 3.21. The molecule has 0 radical (unpaired) electrons. The van der Waals surface area contributed by atoms with Gasteiger partial charge in [-0.15, -0.1) is 0 Å². The monoisotopic (exact) mass is 384 g/mol. The van der Waals surface area contributed by atoms with Crippen molar-refractivity contribution >= 4 is 11.7 Å².